The van der Waals surface area contributed by atoms with E-state index in [-0.39, 0.29) is 11.9 Å². The summed E-state index contributed by atoms with van der Waals surface area (Å²) in [5.41, 5.74) is 2.34. The number of benzene rings is 2. The van der Waals surface area contributed by atoms with E-state index in [2.05, 4.69) is 10.2 Å². The minimum atomic E-state index is -0.933. The summed E-state index contributed by atoms with van der Waals surface area (Å²) in [6, 6.07) is 16.9. The van der Waals surface area contributed by atoms with Crippen molar-refractivity contribution in [3.05, 3.63) is 71.3 Å². The zero-order chi connectivity index (χ0) is 20.1. The van der Waals surface area contributed by atoms with E-state index in [4.69, 9.17) is 4.74 Å². The molecule has 1 atom stereocenters. The highest BCUT2D eigenvalue weighted by atomic mass is 16.5. The predicted octanol–water partition coefficient (Wildman–Crippen LogP) is 3.85. The van der Waals surface area contributed by atoms with Crippen molar-refractivity contribution in [3.8, 4) is 0 Å². The fourth-order valence-corrected chi connectivity index (χ4v) is 3.70. The molecule has 1 N–H and O–H groups in total. The molecule has 1 heterocycles. The Balaban J connectivity index is 1.41. The number of carbonyl (C=O) groups excluding carboxylic acids is 2. The summed E-state index contributed by atoms with van der Waals surface area (Å²) >= 11 is 0. The summed E-state index contributed by atoms with van der Waals surface area (Å²) in [4.78, 5) is 27.8. The van der Waals surface area contributed by atoms with Gasteiger partial charge in [0.15, 0.2) is 0 Å². The van der Waals surface area contributed by atoms with E-state index in [1.807, 2.05) is 42.5 Å². The quantitative estimate of drug-likeness (QED) is 0.727. The standard InChI is InChI=1S/C24H28N2O3/c27-23(25-21-13-14-21)22(19-7-3-1-4-8-19)29-24(28)20-11-9-18(10-12-20)17-26-15-5-2-6-16-26/h1,3-4,7-12,21-22H,2,5-6,13-17H2,(H,25,27)/t22-/m0/s1. The smallest absolute Gasteiger partial charge is 0.339 e. The number of ether oxygens (including phenoxy) is 1. The Morgan fingerprint density at radius 2 is 1.66 bits per heavy atom. The Bertz CT molecular complexity index is 825. The first-order chi connectivity index (χ1) is 14.2. The lowest BCUT2D eigenvalue weighted by molar-refractivity contribution is -0.130. The molecule has 1 saturated carbocycles. The molecule has 0 unspecified atom stereocenters. The van der Waals surface area contributed by atoms with Crippen molar-refractivity contribution in [2.45, 2.75) is 50.8 Å². The average Bonchev–Trinajstić information content (AvgIpc) is 3.57. The second-order valence-corrected chi connectivity index (χ2v) is 8.01. The number of hydrogen-bond donors (Lipinski definition) is 1. The fraction of sp³-hybridized carbons (Fsp3) is 0.417. The van der Waals surface area contributed by atoms with Crippen molar-refractivity contribution in [3.63, 3.8) is 0 Å². The number of piperidine rings is 1. The second kappa shape index (κ2) is 9.23. The van der Waals surface area contributed by atoms with Crippen molar-refractivity contribution in [1.29, 1.82) is 0 Å². The molecule has 0 bridgehead atoms. The maximum Gasteiger partial charge on any atom is 0.339 e. The van der Waals surface area contributed by atoms with Crippen molar-refractivity contribution in [1.82, 2.24) is 10.2 Å². The summed E-state index contributed by atoms with van der Waals surface area (Å²) in [7, 11) is 0. The SMILES string of the molecule is O=C(O[C@H](C(=O)NC1CC1)c1ccccc1)c1ccc(CN2CCCCC2)cc1. The van der Waals surface area contributed by atoms with Gasteiger partial charge in [0.2, 0.25) is 6.10 Å². The molecule has 1 saturated heterocycles. The summed E-state index contributed by atoms with van der Waals surface area (Å²) in [5.74, 6) is -0.733. The average molecular weight is 392 g/mol. The van der Waals surface area contributed by atoms with Crippen LogP contribution in [0.5, 0.6) is 0 Å². The largest absolute Gasteiger partial charge is 0.444 e. The zero-order valence-corrected chi connectivity index (χ0v) is 16.7. The third-order valence-corrected chi connectivity index (χ3v) is 5.53. The Kier molecular flexibility index (Phi) is 6.25. The van der Waals surface area contributed by atoms with Gasteiger partial charge in [0.25, 0.3) is 5.91 Å². The van der Waals surface area contributed by atoms with Crippen LogP contribution in [0.4, 0.5) is 0 Å². The molecule has 2 aromatic carbocycles. The van der Waals surface area contributed by atoms with Crippen LogP contribution in [0.15, 0.2) is 54.6 Å². The van der Waals surface area contributed by atoms with Gasteiger partial charge in [-0.3, -0.25) is 9.69 Å². The first kappa shape index (κ1) is 19.6. The van der Waals surface area contributed by atoms with E-state index in [1.165, 1.54) is 24.8 Å². The lowest BCUT2D eigenvalue weighted by Gasteiger charge is -2.26. The van der Waals surface area contributed by atoms with Crippen LogP contribution in [-0.4, -0.2) is 35.9 Å². The van der Waals surface area contributed by atoms with Crippen LogP contribution in [0, 0.1) is 0 Å². The van der Waals surface area contributed by atoms with Gasteiger partial charge < -0.3 is 10.1 Å². The van der Waals surface area contributed by atoms with Gasteiger partial charge in [0, 0.05) is 18.2 Å². The molecule has 2 aromatic rings. The van der Waals surface area contributed by atoms with Gasteiger partial charge in [0.1, 0.15) is 0 Å². The molecule has 0 aromatic heterocycles. The van der Waals surface area contributed by atoms with Crippen LogP contribution in [0.2, 0.25) is 0 Å². The van der Waals surface area contributed by atoms with Crippen molar-refractivity contribution >= 4 is 11.9 Å². The Hall–Kier alpha value is -2.66. The second-order valence-electron chi connectivity index (χ2n) is 8.01. The highest BCUT2D eigenvalue weighted by Crippen LogP contribution is 2.24. The van der Waals surface area contributed by atoms with Crippen LogP contribution < -0.4 is 5.32 Å². The molecule has 2 fully saturated rings. The molecule has 152 valence electrons. The van der Waals surface area contributed by atoms with Crippen LogP contribution in [-0.2, 0) is 16.1 Å². The molecule has 0 spiro atoms. The molecule has 5 nitrogen and oxygen atoms in total. The number of nitrogens with zero attached hydrogens (tertiary/aromatic N) is 1. The number of carbonyl (C=O) groups is 2. The van der Waals surface area contributed by atoms with Crippen molar-refractivity contribution in [2.75, 3.05) is 13.1 Å². The Labute approximate surface area is 172 Å². The Morgan fingerprint density at radius 3 is 2.31 bits per heavy atom. The van der Waals surface area contributed by atoms with Gasteiger partial charge >= 0.3 is 5.97 Å². The fourth-order valence-electron chi connectivity index (χ4n) is 3.70. The highest BCUT2D eigenvalue weighted by molar-refractivity contribution is 5.92. The van der Waals surface area contributed by atoms with Gasteiger partial charge in [-0.05, 0) is 56.5 Å². The van der Waals surface area contributed by atoms with Crippen LogP contribution in [0.25, 0.3) is 0 Å². The van der Waals surface area contributed by atoms with E-state index in [0.29, 0.717) is 11.1 Å². The van der Waals surface area contributed by atoms with E-state index < -0.39 is 12.1 Å². The molecule has 0 radical (unpaired) electrons. The number of hydrogen-bond acceptors (Lipinski definition) is 4. The van der Waals surface area contributed by atoms with Gasteiger partial charge in [-0.2, -0.15) is 0 Å². The molecule has 4 rings (SSSR count). The predicted molar refractivity (Wildman–Crippen MR) is 111 cm³/mol. The van der Waals surface area contributed by atoms with E-state index in [0.717, 1.165) is 32.5 Å². The van der Waals surface area contributed by atoms with E-state index in [1.54, 1.807) is 12.1 Å². The molecule has 1 aliphatic carbocycles. The molecule has 2 aliphatic rings. The lowest BCUT2D eigenvalue weighted by atomic mass is 10.1. The van der Waals surface area contributed by atoms with Crippen molar-refractivity contribution < 1.29 is 14.3 Å². The summed E-state index contributed by atoms with van der Waals surface area (Å²) in [6.45, 7) is 3.18. The highest BCUT2D eigenvalue weighted by Gasteiger charge is 2.31. The maximum atomic E-state index is 12.7. The third kappa shape index (κ3) is 5.45. The first-order valence-corrected chi connectivity index (χ1v) is 10.6. The lowest BCUT2D eigenvalue weighted by Crippen LogP contribution is -2.33. The van der Waals surface area contributed by atoms with Gasteiger partial charge in [0.05, 0.1) is 5.56 Å². The number of esters is 1. The number of likely N-dealkylation sites (tertiary alicyclic amines) is 1. The molecule has 1 amide bonds. The minimum Gasteiger partial charge on any atom is -0.444 e. The molecule has 1 aliphatic heterocycles. The van der Waals surface area contributed by atoms with Crippen LogP contribution in [0.3, 0.4) is 0 Å². The summed E-state index contributed by atoms with van der Waals surface area (Å²) in [5, 5.41) is 2.94. The van der Waals surface area contributed by atoms with E-state index in [9.17, 15) is 9.59 Å². The zero-order valence-electron chi connectivity index (χ0n) is 16.7. The third-order valence-electron chi connectivity index (χ3n) is 5.53. The normalized spacial score (nSPS) is 18.1. The Morgan fingerprint density at radius 1 is 0.966 bits per heavy atom. The van der Waals surface area contributed by atoms with Crippen molar-refractivity contribution in [2.24, 2.45) is 0 Å². The summed E-state index contributed by atoms with van der Waals surface area (Å²) < 4.78 is 5.64. The summed E-state index contributed by atoms with van der Waals surface area (Å²) in [6.07, 6.45) is 4.87. The van der Waals surface area contributed by atoms with Gasteiger partial charge in [-0.25, -0.2) is 4.79 Å². The van der Waals surface area contributed by atoms with Gasteiger partial charge in [-0.1, -0.05) is 48.9 Å². The van der Waals surface area contributed by atoms with Gasteiger partial charge in [-0.15, -0.1) is 0 Å². The molecule has 5 heteroatoms. The number of nitrogens with one attached hydrogen (secondary N) is 1. The molecular formula is C24H28N2O3. The first-order valence-electron chi connectivity index (χ1n) is 10.6. The maximum absolute atomic E-state index is 12.7. The van der Waals surface area contributed by atoms with Crippen LogP contribution in [0.1, 0.15) is 59.7 Å². The topological polar surface area (TPSA) is 58.6 Å². The number of rotatable bonds is 7. The molecule has 29 heavy (non-hydrogen) atoms. The minimum absolute atomic E-state index is 0.210. The van der Waals surface area contributed by atoms with E-state index >= 15 is 0 Å². The monoisotopic (exact) mass is 392 g/mol. The molecular weight excluding hydrogens is 364 g/mol. The number of amides is 1. The van der Waals surface area contributed by atoms with Crippen LogP contribution >= 0.6 is 0 Å².